The summed E-state index contributed by atoms with van der Waals surface area (Å²) >= 11 is 0. The molecule has 1 aromatic heterocycles. The second kappa shape index (κ2) is 8.18. The molecule has 3 rings (SSSR count). The summed E-state index contributed by atoms with van der Waals surface area (Å²) in [7, 11) is -3.59. The number of rotatable bonds is 7. The molecule has 8 heteroatoms. The number of amides is 2. The zero-order chi connectivity index (χ0) is 20.1. The molecular weight excluding hydrogens is 378 g/mol. The van der Waals surface area contributed by atoms with E-state index in [2.05, 4.69) is 10.3 Å². The average molecular weight is 397 g/mol. The van der Waals surface area contributed by atoms with E-state index in [0.717, 1.165) is 0 Å². The van der Waals surface area contributed by atoms with E-state index in [-0.39, 0.29) is 17.1 Å². The Kier molecular flexibility index (Phi) is 5.70. The van der Waals surface area contributed by atoms with Gasteiger partial charge < -0.3 is 11.1 Å². The number of hydrogen-bond acceptors (Lipinski definition) is 5. The lowest BCUT2D eigenvalue weighted by atomic mass is 10.1. The van der Waals surface area contributed by atoms with Crippen LogP contribution in [0.25, 0.3) is 10.9 Å². The van der Waals surface area contributed by atoms with Crippen LogP contribution in [0.4, 0.5) is 0 Å². The van der Waals surface area contributed by atoms with Crippen LogP contribution in [0.5, 0.6) is 0 Å². The Morgan fingerprint density at radius 3 is 2.39 bits per heavy atom. The van der Waals surface area contributed by atoms with Crippen molar-refractivity contribution in [3.63, 3.8) is 0 Å². The summed E-state index contributed by atoms with van der Waals surface area (Å²) in [6.07, 6.45) is 1.37. The van der Waals surface area contributed by atoms with Gasteiger partial charge in [0.25, 0.3) is 5.91 Å². The topological polar surface area (TPSA) is 119 Å². The van der Waals surface area contributed by atoms with Crippen LogP contribution < -0.4 is 11.1 Å². The summed E-state index contributed by atoms with van der Waals surface area (Å²) < 4.78 is 24.8. The maximum absolute atomic E-state index is 12.7. The van der Waals surface area contributed by atoms with E-state index in [1.54, 1.807) is 42.5 Å². The molecular formula is C20H19N3O4S. The molecule has 3 N–H and O–H groups in total. The minimum atomic E-state index is -3.59. The molecule has 0 unspecified atom stereocenters. The zero-order valence-electron chi connectivity index (χ0n) is 14.9. The number of fused-ring (bicyclic) bond motifs is 1. The van der Waals surface area contributed by atoms with E-state index in [0.29, 0.717) is 16.5 Å². The highest BCUT2D eigenvalue weighted by atomic mass is 32.2. The van der Waals surface area contributed by atoms with Gasteiger partial charge in [0.2, 0.25) is 5.91 Å². The molecule has 0 aliphatic heterocycles. The lowest BCUT2D eigenvalue weighted by molar-refractivity contribution is -0.119. The SMILES string of the molecule is NC(=O)[C@@H](CCS(=O)(=O)c1ccccc1)NC(=O)c1ccnc2ccccc12. The van der Waals surface area contributed by atoms with Crippen LogP contribution in [0.15, 0.2) is 71.8 Å². The number of pyridine rings is 1. The first-order valence-electron chi connectivity index (χ1n) is 8.60. The van der Waals surface area contributed by atoms with Crippen molar-refractivity contribution in [1.82, 2.24) is 10.3 Å². The van der Waals surface area contributed by atoms with Gasteiger partial charge in [-0.2, -0.15) is 0 Å². The van der Waals surface area contributed by atoms with Crippen LogP contribution in [0, 0.1) is 0 Å². The van der Waals surface area contributed by atoms with Crippen LogP contribution >= 0.6 is 0 Å². The second-order valence-electron chi connectivity index (χ2n) is 6.22. The second-order valence-corrected chi connectivity index (χ2v) is 8.33. The summed E-state index contributed by atoms with van der Waals surface area (Å²) in [4.78, 5) is 28.8. The molecule has 144 valence electrons. The molecule has 1 heterocycles. The fourth-order valence-electron chi connectivity index (χ4n) is 2.83. The summed E-state index contributed by atoms with van der Waals surface area (Å²) in [5.41, 5.74) is 6.36. The summed E-state index contributed by atoms with van der Waals surface area (Å²) in [6.45, 7) is 0. The number of benzene rings is 2. The monoisotopic (exact) mass is 397 g/mol. The Labute approximate surface area is 162 Å². The molecule has 0 aliphatic rings. The molecule has 7 nitrogen and oxygen atoms in total. The zero-order valence-corrected chi connectivity index (χ0v) is 15.7. The van der Waals surface area contributed by atoms with Gasteiger partial charge in [0.15, 0.2) is 9.84 Å². The van der Waals surface area contributed by atoms with Gasteiger partial charge in [-0.05, 0) is 30.7 Å². The Morgan fingerprint density at radius 1 is 1.00 bits per heavy atom. The van der Waals surface area contributed by atoms with E-state index in [1.807, 2.05) is 0 Å². The van der Waals surface area contributed by atoms with Gasteiger partial charge in [-0.15, -0.1) is 0 Å². The fraction of sp³-hybridized carbons (Fsp3) is 0.150. The normalized spacial score (nSPS) is 12.4. The number of para-hydroxylation sites is 1. The van der Waals surface area contributed by atoms with Gasteiger partial charge in [-0.25, -0.2) is 8.42 Å². The van der Waals surface area contributed by atoms with Crippen molar-refractivity contribution in [2.24, 2.45) is 5.73 Å². The molecule has 3 aromatic rings. The summed E-state index contributed by atoms with van der Waals surface area (Å²) in [5, 5.41) is 3.17. The molecule has 0 bridgehead atoms. The third-order valence-corrected chi connectivity index (χ3v) is 6.08. The van der Waals surface area contributed by atoms with Gasteiger partial charge in [-0.3, -0.25) is 14.6 Å². The predicted molar refractivity (Wildman–Crippen MR) is 105 cm³/mol. The van der Waals surface area contributed by atoms with Crippen molar-refractivity contribution in [2.45, 2.75) is 17.4 Å². The van der Waals surface area contributed by atoms with Crippen LogP contribution in [-0.4, -0.2) is 37.0 Å². The minimum absolute atomic E-state index is 0.124. The Morgan fingerprint density at radius 2 is 1.68 bits per heavy atom. The third kappa shape index (κ3) is 4.34. The third-order valence-electron chi connectivity index (χ3n) is 4.32. The molecule has 0 aliphatic carbocycles. The number of carbonyl (C=O) groups is 2. The Balaban J connectivity index is 1.76. The lowest BCUT2D eigenvalue weighted by Crippen LogP contribution is -2.45. The number of carbonyl (C=O) groups excluding carboxylic acids is 2. The van der Waals surface area contributed by atoms with Gasteiger partial charge >= 0.3 is 0 Å². The number of nitrogens with one attached hydrogen (secondary N) is 1. The van der Waals surface area contributed by atoms with Crippen molar-refractivity contribution in [3.05, 3.63) is 72.4 Å². The van der Waals surface area contributed by atoms with Gasteiger partial charge in [0.05, 0.1) is 21.7 Å². The number of primary amides is 1. The standard InChI is InChI=1S/C20H19N3O4S/c21-19(24)18(11-13-28(26,27)14-6-2-1-3-7-14)23-20(25)16-10-12-22-17-9-5-4-8-15(16)17/h1-10,12,18H,11,13H2,(H2,21,24)(H,23,25)/t18-/m1/s1. The first kappa shape index (κ1) is 19.5. The molecule has 0 radical (unpaired) electrons. The average Bonchev–Trinajstić information content (AvgIpc) is 2.71. The van der Waals surface area contributed by atoms with Crippen molar-refractivity contribution in [1.29, 1.82) is 0 Å². The molecule has 28 heavy (non-hydrogen) atoms. The lowest BCUT2D eigenvalue weighted by Gasteiger charge is -2.16. The van der Waals surface area contributed by atoms with E-state index < -0.39 is 27.7 Å². The molecule has 2 amide bonds. The number of nitrogens with two attached hydrogens (primary N) is 1. The van der Waals surface area contributed by atoms with Crippen LogP contribution in [0.2, 0.25) is 0 Å². The van der Waals surface area contributed by atoms with Crippen LogP contribution in [0.1, 0.15) is 16.8 Å². The van der Waals surface area contributed by atoms with Crippen molar-refractivity contribution in [3.8, 4) is 0 Å². The number of sulfone groups is 1. The van der Waals surface area contributed by atoms with E-state index in [1.165, 1.54) is 24.4 Å². The van der Waals surface area contributed by atoms with Crippen molar-refractivity contribution >= 4 is 32.6 Å². The number of hydrogen-bond donors (Lipinski definition) is 2. The summed E-state index contributed by atoms with van der Waals surface area (Å²) in [6, 6.07) is 15.4. The quantitative estimate of drug-likeness (QED) is 0.629. The van der Waals surface area contributed by atoms with Gasteiger partial charge in [-0.1, -0.05) is 36.4 Å². The Bertz CT molecular complexity index is 1110. The first-order chi connectivity index (χ1) is 13.4. The fourth-order valence-corrected chi connectivity index (χ4v) is 4.19. The predicted octanol–water partition coefficient (Wildman–Crippen LogP) is 1.68. The highest BCUT2D eigenvalue weighted by Crippen LogP contribution is 2.17. The Hall–Kier alpha value is -3.26. The van der Waals surface area contributed by atoms with Crippen LogP contribution in [-0.2, 0) is 14.6 Å². The number of nitrogens with zero attached hydrogens (tertiary/aromatic N) is 1. The molecule has 0 saturated heterocycles. The highest BCUT2D eigenvalue weighted by molar-refractivity contribution is 7.91. The van der Waals surface area contributed by atoms with E-state index in [4.69, 9.17) is 5.73 Å². The van der Waals surface area contributed by atoms with Crippen molar-refractivity contribution < 1.29 is 18.0 Å². The minimum Gasteiger partial charge on any atom is -0.368 e. The molecule has 0 fully saturated rings. The molecule has 2 aromatic carbocycles. The first-order valence-corrected chi connectivity index (χ1v) is 10.3. The number of aromatic nitrogens is 1. The van der Waals surface area contributed by atoms with E-state index in [9.17, 15) is 18.0 Å². The van der Waals surface area contributed by atoms with Crippen LogP contribution in [0.3, 0.4) is 0 Å². The van der Waals surface area contributed by atoms with Gasteiger partial charge in [0, 0.05) is 11.6 Å². The summed E-state index contributed by atoms with van der Waals surface area (Å²) in [5.74, 6) is -1.63. The maximum Gasteiger partial charge on any atom is 0.252 e. The largest absolute Gasteiger partial charge is 0.368 e. The molecule has 0 spiro atoms. The van der Waals surface area contributed by atoms with E-state index >= 15 is 0 Å². The maximum atomic E-state index is 12.7. The van der Waals surface area contributed by atoms with Crippen molar-refractivity contribution in [2.75, 3.05) is 5.75 Å². The smallest absolute Gasteiger partial charge is 0.252 e. The highest BCUT2D eigenvalue weighted by Gasteiger charge is 2.24. The molecule has 1 atom stereocenters. The molecule has 0 saturated carbocycles. The van der Waals surface area contributed by atoms with Gasteiger partial charge in [0.1, 0.15) is 6.04 Å².